The van der Waals surface area contributed by atoms with Crippen LogP contribution in [0.25, 0.3) is 0 Å². The average molecular weight is 214 g/mol. The van der Waals surface area contributed by atoms with Crippen LogP contribution in [-0.4, -0.2) is 44.6 Å². The standard InChI is InChI=1S/C4H10O2.2CH2O3/c1-2-3-4-6-5;2*2-1(3)4/h5H,2-4H2,1H3;2*(H2,2,3,4). The van der Waals surface area contributed by atoms with E-state index in [0.29, 0.717) is 6.61 Å². The van der Waals surface area contributed by atoms with Gasteiger partial charge in [0.2, 0.25) is 0 Å². The number of hydrogen-bond acceptors (Lipinski definition) is 4. The molecule has 0 aromatic carbocycles. The Hall–Kier alpha value is -1.54. The highest BCUT2D eigenvalue weighted by molar-refractivity contribution is 5.53. The van der Waals surface area contributed by atoms with Crippen molar-refractivity contribution in [3.63, 3.8) is 0 Å². The second-order valence-corrected chi connectivity index (χ2v) is 1.75. The summed E-state index contributed by atoms with van der Waals surface area (Å²) in [6, 6.07) is 0. The van der Waals surface area contributed by atoms with Gasteiger partial charge in [0.05, 0.1) is 6.61 Å². The lowest BCUT2D eigenvalue weighted by Crippen LogP contribution is -1.84. The molecular formula is C6H14O8. The molecule has 0 saturated heterocycles. The molecule has 0 atom stereocenters. The summed E-state index contributed by atoms with van der Waals surface area (Å²) >= 11 is 0. The van der Waals surface area contributed by atoms with Gasteiger partial charge in [0.15, 0.2) is 0 Å². The predicted octanol–water partition coefficient (Wildman–Crippen LogP) is 1.72. The van der Waals surface area contributed by atoms with Gasteiger partial charge >= 0.3 is 12.3 Å². The van der Waals surface area contributed by atoms with Gasteiger partial charge in [-0.05, 0) is 6.42 Å². The van der Waals surface area contributed by atoms with E-state index in [2.05, 4.69) is 4.89 Å². The molecule has 0 unspecified atom stereocenters. The van der Waals surface area contributed by atoms with Crippen LogP contribution in [0.4, 0.5) is 9.59 Å². The van der Waals surface area contributed by atoms with Gasteiger partial charge in [-0.3, -0.25) is 5.26 Å². The van der Waals surface area contributed by atoms with Crippen LogP contribution in [0.15, 0.2) is 0 Å². The minimum absolute atomic E-state index is 0.469. The van der Waals surface area contributed by atoms with Crippen LogP contribution in [0, 0.1) is 0 Å². The van der Waals surface area contributed by atoms with E-state index in [1.54, 1.807) is 0 Å². The van der Waals surface area contributed by atoms with Gasteiger partial charge in [0, 0.05) is 0 Å². The molecule has 0 aliphatic rings. The number of unbranched alkanes of at least 4 members (excludes halogenated alkanes) is 1. The van der Waals surface area contributed by atoms with Crippen molar-refractivity contribution >= 4 is 12.3 Å². The SMILES string of the molecule is CCCCOO.O=C(O)O.O=C(O)O. The Balaban J connectivity index is -0.000000135. The molecule has 0 rings (SSSR count). The predicted molar refractivity (Wildman–Crippen MR) is 44.8 cm³/mol. The second-order valence-electron chi connectivity index (χ2n) is 1.75. The summed E-state index contributed by atoms with van der Waals surface area (Å²) in [6.07, 6.45) is -1.66. The zero-order valence-corrected chi connectivity index (χ0v) is 7.58. The zero-order chi connectivity index (χ0) is 12.0. The van der Waals surface area contributed by atoms with E-state index in [-0.39, 0.29) is 0 Å². The molecule has 5 N–H and O–H groups in total. The molecule has 0 fully saturated rings. The fraction of sp³-hybridized carbons (Fsp3) is 0.667. The van der Waals surface area contributed by atoms with Crippen molar-refractivity contribution in [2.24, 2.45) is 0 Å². The third-order valence-corrected chi connectivity index (χ3v) is 0.589. The van der Waals surface area contributed by atoms with E-state index in [9.17, 15) is 0 Å². The van der Waals surface area contributed by atoms with Gasteiger partial charge < -0.3 is 20.4 Å². The first-order valence-electron chi connectivity index (χ1n) is 3.48. The van der Waals surface area contributed by atoms with Crippen molar-refractivity contribution < 1.29 is 40.2 Å². The largest absolute Gasteiger partial charge is 0.503 e. The van der Waals surface area contributed by atoms with Gasteiger partial charge in [-0.2, -0.15) is 0 Å². The van der Waals surface area contributed by atoms with Crippen molar-refractivity contribution in [2.45, 2.75) is 19.8 Å². The molecule has 8 heteroatoms. The Labute approximate surface area is 79.9 Å². The van der Waals surface area contributed by atoms with E-state index in [0.717, 1.165) is 12.8 Å². The lowest BCUT2D eigenvalue weighted by atomic mass is 10.4. The molecular weight excluding hydrogens is 200 g/mol. The number of carbonyl (C=O) groups is 2. The summed E-state index contributed by atoms with van der Waals surface area (Å²) in [6.45, 7) is 2.51. The average Bonchev–Trinajstić information content (AvgIpc) is 1.98. The minimum atomic E-state index is -1.83. The van der Waals surface area contributed by atoms with E-state index >= 15 is 0 Å². The minimum Gasteiger partial charge on any atom is -0.450 e. The highest BCUT2D eigenvalue weighted by atomic mass is 17.1. The third-order valence-electron chi connectivity index (χ3n) is 0.589. The lowest BCUT2D eigenvalue weighted by molar-refractivity contribution is -0.242. The van der Waals surface area contributed by atoms with E-state index in [1.807, 2.05) is 6.92 Å². The Bertz CT molecular complexity index is 110. The Kier molecular flexibility index (Phi) is 22.9. The monoisotopic (exact) mass is 214 g/mol. The van der Waals surface area contributed by atoms with Crippen LogP contribution in [0.5, 0.6) is 0 Å². The summed E-state index contributed by atoms with van der Waals surface area (Å²) < 4.78 is 0. The lowest BCUT2D eigenvalue weighted by Gasteiger charge is -1.87. The quantitative estimate of drug-likeness (QED) is 0.271. The second kappa shape index (κ2) is 17.5. The molecule has 0 aliphatic carbocycles. The van der Waals surface area contributed by atoms with Gasteiger partial charge in [-0.1, -0.05) is 13.3 Å². The van der Waals surface area contributed by atoms with Gasteiger partial charge in [0.25, 0.3) is 0 Å². The van der Waals surface area contributed by atoms with Crippen LogP contribution < -0.4 is 0 Å². The van der Waals surface area contributed by atoms with E-state index in [4.69, 9.17) is 35.3 Å². The molecule has 0 aromatic rings. The number of carboxylic acid groups (broad SMARTS) is 4. The van der Waals surface area contributed by atoms with Crippen LogP contribution in [0.1, 0.15) is 19.8 Å². The summed E-state index contributed by atoms with van der Waals surface area (Å²) in [4.78, 5) is 20.9. The normalized spacial score (nSPS) is 7.29. The maximum atomic E-state index is 8.56. The number of hydrogen-bond donors (Lipinski definition) is 5. The molecule has 0 heterocycles. The molecule has 0 aromatic heterocycles. The highest BCUT2D eigenvalue weighted by Crippen LogP contribution is 1.83. The van der Waals surface area contributed by atoms with E-state index < -0.39 is 12.3 Å². The van der Waals surface area contributed by atoms with Crippen molar-refractivity contribution in [3.05, 3.63) is 0 Å². The maximum absolute atomic E-state index is 8.56. The maximum Gasteiger partial charge on any atom is 0.503 e. The molecule has 0 aliphatic heterocycles. The highest BCUT2D eigenvalue weighted by Gasteiger charge is 1.76. The Morgan fingerprint density at radius 3 is 1.43 bits per heavy atom. The van der Waals surface area contributed by atoms with Crippen LogP contribution in [-0.2, 0) is 4.89 Å². The van der Waals surface area contributed by atoms with Gasteiger partial charge in [-0.25, -0.2) is 14.5 Å². The molecule has 0 spiro atoms. The third kappa shape index (κ3) is 439. The van der Waals surface area contributed by atoms with Crippen molar-refractivity contribution in [2.75, 3.05) is 6.61 Å². The van der Waals surface area contributed by atoms with Gasteiger partial charge in [0.1, 0.15) is 0 Å². The molecule has 0 saturated carbocycles. The summed E-state index contributed by atoms with van der Waals surface area (Å²) in [5.74, 6) is 0. The topological polar surface area (TPSA) is 145 Å². The molecule has 0 radical (unpaired) electrons. The van der Waals surface area contributed by atoms with Crippen LogP contribution >= 0.6 is 0 Å². The summed E-state index contributed by atoms with van der Waals surface area (Å²) in [5.41, 5.74) is 0. The summed E-state index contributed by atoms with van der Waals surface area (Å²) in [5, 5.41) is 35.6. The van der Waals surface area contributed by atoms with Crippen molar-refractivity contribution in [3.8, 4) is 0 Å². The molecule has 14 heavy (non-hydrogen) atoms. The molecule has 8 nitrogen and oxygen atoms in total. The fourth-order valence-electron chi connectivity index (χ4n) is 0.209. The van der Waals surface area contributed by atoms with Gasteiger partial charge in [-0.15, -0.1) is 0 Å². The first-order valence-corrected chi connectivity index (χ1v) is 3.48. The van der Waals surface area contributed by atoms with Crippen LogP contribution in [0.3, 0.4) is 0 Å². The molecule has 0 bridgehead atoms. The Morgan fingerprint density at radius 2 is 1.36 bits per heavy atom. The number of rotatable bonds is 3. The Morgan fingerprint density at radius 1 is 1.07 bits per heavy atom. The molecule has 86 valence electrons. The summed E-state index contributed by atoms with van der Waals surface area (Å²) in [7, 11) is 0. The first-order chi connectivity index (χ1) is 6.38. The first kappa shape index (κ1) is 18.3. The van der Waals surface area contributed by atoms with Crippen molar-refractivity contribution in [1.82, 2.24) is 0 Å². The van der Waals surface area contributed by atoms with Crippen LogP contribution in [0.2, 0.25) is 0 Å². The molecule has 0 amide bonds. The smallest absolute Gasteiger partial charge is 0.450 e. The van der Waals surface area contributed by atoms with Crippen molar-refractivity contribution in [1.29, 1.82) is 0 Å². The fourth-order valence-corrected chi connectivity index (χ4v) is 0.209. The van der Waals surface area contributed by atoms with E-state index in [1.165, 1.54) is 0 Å². The zero-order valence-electron chi connectivity index (χ0n) is 7.58.